The second kappa shape index (κ2) is 4.74. The molecule has 1 aromatic carbocycles. The largest absolute Gasteiger partial charge is 0.497 e. The number of benzene rings is 1. The van der Waals surface area contributed by atoms with Gasteiger partial charge in [0, 0.05) is 17.7 Å². The van der Waals surface area contributed by atoms with E-state index in [9.17, 15) is 0 Å². The molecule has 0 amide bonds. The average Bonchev–Trinajstić information content (AvgIpc) is 2.25. The molecule has 0 bridgehead atoms. The fourth-order valence-corrected chi connectivity index (χ4v) is 2.15. The first-order valence-electron chi connectivity index (χ1n) is 5.73. The van der Waals surface area contributed by atoms with Crippen LogP contribution in [0.3, 0.4) is 0 Å². The van der Waals surface area contributed by atoms with E-state index in [1.807, 2.05) is 18.2 Å². The van der Waals surface area contributed by atoms with Gasteiger partial charge in [-0.25, -0.2) is 0 Å². The number of ether oxygens (including phenoxy) is 2. The van der Waals surface area contributed by atoms with Gasteiger partial charge < -0.3 is 15.2 Å². The summed E-state index contributed by atoms with van der Waals surface area (Å²) in [5, 5.41) is 0. The molecule has 2 rings (SSSR count). The van der Waals surface area contributed by atoms with Crippen molar-refractivity contribution in [3.8, 4) is 11.5 Å². The van der Waals surface area contributed by atoms with Crippen molar-refractivity contribution in [3.05, 3.63) is 23.8 Å². The van der Waals surface area contributed by atoms with Gasteiger partial charge in [0.15, 0.2) is 0 Å². The van der Waals surface area contributed by atoms with Crippen molar-refractivity contribution in [2.24, 2.45) is 11.7 Å². The lowest BCUT2D eigenvalue weighted by Crippen LogP contribution is -2.27. The highest BCUT2D eigenvalue weighted by Crippen LogP contribution is 2.40. The van der Waals surface area contributed by atoms with Gasteiger partial charge in [-0.2, -0.15) is 0 Å². The molecular weight excluding hydrogens is 202 g/mol. The second-order valence-corrected chi connectivity index (χ2v) is 4.32. The molecular formula is C13H19NO2. The zero-order valence-corrected chi connectivity index (χ0v) is 9.90. The third-order valence-corrected chi connectivity index (χ3v) is 3.46. The quantitative estimate of drug-likeness (QED) is 0.849. The first kappa shape index (κ1) is 11.3. The monoisotopic (exact) mass is 221 g/mol. The molecule has 3 heteroatoms. The lowest BCUT2D eigenvalue weighted by Gasteiger charge is -2.32. The Kier molecular flexibility index (Phi) is 3.34. The summed E-state index contributed by atoms with van der Waals surface area (Å²) in [7, 11) is 3.33. The summed E-state index contributed by atoms with van der Waals surface area (Å²) in [6.07, 6.45) is 3.77. The first-order chi connectivity index (χ1) is 7.76. The van der Waals surface area contributed by atoms with Crippen LogP contribution in [-0.4, -0.2) is 14.2 Å². The molecule has 0 aromatic heterocycles. The summed E-state index contributed by atoms with van der Waals surface area (Å²) >= 11 is 0. The molecule has 0 spiro atoms. The van der Waals surface area contributed by atoms with Crippen LogP contribution in [0.15, 0.2) is 18.2 Å². The summed E-state index contributed by atoms with van der Waals surface area (Å²) in [4.78, 5) is 0. The van der Waals surface area contributed by atoms with E-state index >= 15 is 0 Å². The normalized spacial score (nSPS) is 17.7. The van der Waals surface area contributed by atoms with Crippen LogP contribution in [0.4, 0.5) is 0 Å². The zero-order chi connectivity index (χ0) is 11.5. The summed E-state index contributed by atoms with van der Waals surface area (Å²) < 4.78 is 10.5. The van der Waals surface area contributed by atoms with E-state index < -0.39 is 0 Å². The van der Waals surface area contributed by atoms with Crippen molar-refractivity contribution < 1.29 is 9.47 Å². The van der Waals surface area contributed by atoms with Crippen molar-refractivity contribution >= 4 is 0 Å². The molecule has 0 radical (unpaired) electrons. The molecule has 0 heterocycles. The van der Waals surface area contributed by atoms with E-state index in [1.165, 1.54) is 19.3 Å². The molecule has 1 aromatic rings. The summed E-state index contributed by atoms with van der Waals surface area (Å²) in [5.41, 5.74) is 7.34. The van der Waals surface area contributed by atoms with Crippen molar-refractivity contribution in [1.29, 1.82) is 0 Å². The highest BCUT2D eigenvalue weighted by Gasteiger charge is 2.27. The van der Waals surface area contributed by atoms with Gasteiger partial charge in [-0.3, -0.25) is 0 Å². The highest BCUT2D eigenvalue weighted by atomic mass is 16.5. The van der Waals surface area contributed by atoms with Crippen LogP contribution < -0.4 is 15.2 Å². The Morgan fingerprint density at radius 1 is 1.25 bits per heavy atom. The van der Waals surface area contributed by atoms with Crippen LogP contribution in [0.25, 0.3) is 0 Å². The molecule has 1 atom stereocenters. The molecule has 3 nitrogen and oxygen atoms in total. The van der Waals surface area contributed by atoms with E-state index in [1.54, 1.807) is 14.2 Å². The Hall–Kier alpha value is -1.22. The SMILES string of the molecule is COc1ccc([C@H](N)C2CCC2)c(OC)c1. The number of rotatable bonds is 4. The molecule has 0 aliphatic heterocycles. The van der Waals surface area contributed by atoms with Gasteiger partial charge >= 0.3 is 0 Å². The van der Waals surface area contributed by atoms with Crippen LogP contribution in [0.5, 0.6) is 11.5 Å². The molecule has 0 saturated heterocycles. The van der Waals surface area contributed by atoms with Crippen molar-refractivity contribution in [1.82, 2.24) is 0 Å². The smallest absolute Gasteiger partial charge is 0.127 e. The molecule has 1 aliphatic carbocycles. The Labute approximate surface area is 96.5 Å². The predicted molar refractivity (Wildman–Crippen MR) is 63.8 cm³/mol. The summed E-state index contributed by atoms with van der Waals surface area (Å²) in [6.45, 7) is 0. The minimum absolute atomic E-state index is 0.0922. The zero-order valence-electron chi connectivity index (χ0n) is 9.90. The van der Waals surface area contributed by atoms with Crippen LogP contribution in [0.1, 0.15) is 30.9 Å². The molecule has 1 saturated carbocycles. The third-order valence-electron chi connectivity index (χ3n) is 3.46. The number of methoxy groups -OCH3 is 2. The van der Waals surface area contributed by atoms with Crippen LogP contribution in [-0.2, 0) is 0 Å². The second-order valence-electron chi connectivity index (χ2n) is 4.32. The van der Waals surface area contributed by atoms with Gasteiger partial charge in [-0.05, 0) is 24.8 Å². The predicted octanol–water partition coefficient (Wildman–Crippen LogP) is 2.50. The standard InChI is InChI=1S/C13H19NO2/c1-15-10-6-7-11(12(8-10)16-2)13(14)9-4-3-5-9/h6-9,13H,3-5,14H2,1-2H3/t13-/m1/s1. The number of nitrogens with two attached hydrogens (primary N) is 1. The maximum absolute atomic E-state index is 6.25. The van der Waals surface area contributed by atoms with Gasteiger partial charge in [0.2, 0.25) is 0 Å². The van der Waals surface area contributed by atoms with E-state index in [2.05, 4.69) is 0 Å². The molecule has 0 unspecified atom stereocenters. The van der Waals surface area contributed by atoms with Crippen molar-refractivity contribution in [2.75, 3.05) is 14.2 Å². The minimum Gasteiger partial charge on any atom is -0.497 e. The van der Waals surface area contributed by atoms with Gasteiger partial charge in [0.25, 0.3) is 0 Å². The Balaban J connectivity index is 2.24. The molecule has 16 heavy (non-hydrogen) atoms. The molecule has 1 aliphatic rings. The molecule has 88 valence electrons. The van der Waals surface area contributed by atoms with Crippen molar-refractivity contribution in [3.63, 3.8) is 0 Å². The van der Waals surface area contributed by atoms with Crippen LogP contribution in [0, 0.1) is 5.92 Å². The Morgan fingerprint density at radius 2 is 2.00 bits per heavy atom. The maximum atomic E-state index is 6.25. The molecule has 1 fully saturated rings. The Bertz CT molecular complexity index is 361. The van der Waals surface area contributed by atoms with Gasteiger partial charge in [0.05, 0.1) is 14.2 Å². The van der Waals surface area contributed by atoms with Gasteiger partial charge in [-0.15, -0.1) is 0 Å². The van der Waals surface area contributed by atoms with Crippen LogP contribution >= 0.6 is 0 Å². The first-order valence-corrected chi connectivity index (χ1v) is 5.73. The van der Waals surface area contributed by atoms with E-state index in [-0.39, 0.29) is 6.04 Å². The van der Waals surface area contributed by atoms with Gasteiger partial charge in [0.1, 0.15) is 11.5 Å². The summed E-state index contributed by atoms with van der Waals surface area (Å²) in [6, 6.07) is 5.94. The fourth-order valence-electron chi connectivity index (χ4n) is 2.15. The maximum Gasteiger partial charge on any atom is 0.127 e. The topological polar surface area (TPSA) is 44.5 Å². The minimum atomic E-state index is 0.0922. The van der Waals surface area contributed by atoms with Gasteiger partial charge in [-0.1, -0.05) is 12.5 Å². The summed E-state index contributed by atoms with van der Waals surface area (Å²) in [5.74, 6) is 2.25. The lowest BCUT2D eigenvalue weighted by molar-refractivity contribution is 0.259. The highest BCUT2D eigenvalue weighted by molar-refractivity contribution is 5.42. The van der Waals surface area contributed by atoms with E-state index in [0.717, 1.165) is 17.1 Å². The number of hydrogen-bond acceptors (Lipinski definition) is 3. The fraction of sp³-hybridized carbons (Fsp3) is 0.538. The van der Waals surface area contributed by atoms with Crippen LogP contribution in [0.2, 0.25) is 0 Å². The van der Waals surface area contributed by atoms with E-state index in [4.69, 9.17) is 15.2 Å². The Morgan fingerprint density at radius 3 is 2.50 bits per heavy atom. The molecule has 2 N–H and O–H groups in total. The lowest BCUT2D eigenvalue weighted by atomic mass is 9.77. The van der Waals surface area contributed by atoms with E-state index in [0.29, 0.717) is 5.92 Å². The number of hydrogen-bond donors (Lipinski definition) is 1. The average molecular weight is 221 g/mol. The van der Waals surface area contributed by atoms with Crippen molar-refractivity contribution in [2.45, 2.75) is 25.3 Å². The third kappa shape index (κ3) is 2.00.